The standard InChI is InChI=1S/C13H11ClO4/c1-13(2)17-11(15)10(12(16)18-13)7-8-4-3-5-9(14)6-8/h3-7H,1-2H3. The van der Waals surface area contributed by atoms with Gasteiger partial charge in [-0.1, -0.05) is 23.7 Å². The molecule has 0 saturated carbocycles. The number of cyclic esters (lactones) is 2. The van der Waals surface area contributed by atoms with Crippen LogP contribution in [0.25, 0.3) is 6.08 Å². The SMILES string of the molecule is CC1(C)OC(=O)C(=Cc2cccc(Cl)c2)C(=O)O1. The molecule has 4 nitrogen and oxygen atoms in total. The number of carbonyl (C=O) groups is 2. The summed E-state index contributed by atoms with van der Waals surface area (Å²) in [4.78, 5) is 23.4. The molecular weight excluding hydrogens is 256 g/mol. The maximum Gasteiger partial charge on any atom is 0.348 e. The van der Waals surface area contributed by atoms with E-state index >= 15 is 0 Å². The minimum absolute atomic E-state index is 0.142. The third-order valence-corrected chi connectivity index (χ3v) is 2.51. The van der Waals surface area contributed by atoms with E-state index in [0.717, 1.165) is 0 Å². The fourth-order valence-electron chi connectivity index (χ4n) is 1.54. The molecule has 1 saturated heterocycles. The summed E-state index contributed by atoms with van der Waals surface area (Å²) in [5.41, 5.74) is 0.489. The summed E-state index contributed by atoms with van der Waals surface area (Å²) in [5.74, 6) is -2.62. The number of rotatable bonds is 1. The molecular formula is C13H11ClO4. The van der Waals surface area contributed by atoms with Crippen molar-refractivity contribution in [2.75, 3.05) is 0 Å². The highest BCUT2D eigenvalue weighted by Crippen LogP contribution is 2.24. The first kappa shape index (κ1) is 12.6. The largest absolute Gasteiger partial charge is 0.419 e. The zero-order valence-corrected chi connectivity index (χ0v) is 10.7. The van der Waals surface area contributed by atoms with Gasteiger partial charge in [-0.25, -0.2) is 9.59 Å². The molecule has 1 fully saturated rings. The van der Waals surface area contributed by atoms with Gasteiger partial charge in [-0.05, 0) is 23.8 Å². The van der Waals surface area contributed by atoms with Crippen molar-refractivity contribution in [2.24, 2.45) is 0 Å². The average molecular weight is 267 g/mol. The molecule has 0 N–H and O–H groups in total. The Morgan fingerprint density at radius 1 is 1.17 bits per heavy atom. The van der Waals surface area contributed by atoms with Crippen molar-refractivity contribution < 1.29 is 19.1 Å². The van der Waals surface area contributed by atoms with Crippen LogP contribution in [0.4, 0.5) is 0 Å². The molecule has 0 spiro atoms. The average Bonchev–Trinajstić information content (AvgIpc) is 2.22. The highest BCUT2D eigenvalue weighted by Gasteiger charge is 2.38. The predicted octanol–water partition coefficient (Wildman–Crippen LogP) is 2.56. The fourth-order valence-corrected chi connectivity index (χ4v) is 1.74. The zero-order chi connectivity index (χ0) is 13.3. The molecule has 18 heavy (non-hydrogen) atoms. The maximum absolute atomic E-state index is 11.7. The lowest BCUT2D eigenvalue weighted by Crippen LogP contribution is -2.41. The van der Waals surface area contributed by atoms with Crippen molar-refractivity contribution in [2.45, 2.75) is 19.6 Å². The summed E-state index contributed by atoms with van der Waals surface area (Å²) in [6.07, 6.45) is 1.39. The van der Waals surface area contributed by atoms with Crippen LogP contribution in [0.1, 0.15) is 19.4 Å². The highest BCUT2D eigenvalue weighted by molar-refractivity contribution is 6.30. The van der Waals surface area contributed by atoms with Crippen LogP contribution < -0.4 is 0 Å². The topological polar surface area (TPSA) is 52.6 Å². The Hall–Kier alpha value is -1.81. The first-order chi connectivity index (χ1) is 8.37. The van der Waals surface area contributed by atoms with Gasteiger partial charge in [-0.2, -0.15) is 0 Å². The highest BCUT2D eigenvalue weighted by atomic mass is 35.5. The van der Waals surface area contributed by atoms with Crippen LogP contribution in [0.5, 0.6) is 0 Å². The van der Waals surface area contributed by atoms with Crippen molar-refractivity contribution in [3.63, 3.8) is 0 Å². The van der Waals surface area contributed by atoms with Gasteiger partial charge in [0.05, 0.1) is 0 Å². The van der Waals surface area contributed by atoms with Crippen LogP contribution >= 0.6 is 11.6 Å². The minimum Gasteiger partial charge on any atom is -0.419 e. The Kier molecular flexibility index (Phi) is 3.13. The maximum atomic E-state index is 11.7. The number of hydrogen-bond acceptors (Lipinski definition) is 4. The van der Waals surface area contributed by atoms with Gasteiger partial charge in [0, 0.05) is 18.9 Å². The van der Waals surface area contributed by atoms with Crippen LogP contribution in [-0.4, -0.2) is 17.7 Å². The lowest BCUT2D eigenvalue weighted by atomic mass is 10.1. The lowest BCUT2D eigenvalue weighted by Gasteiger charge is -2.29. The van der Waals surface area contributed by atoms with Crippen LogP contribution in [0, 0.1) is 0 Å². The second-order valence-electron chi connectivity index (χ2n) is 4.29. The van der Waals surface area contributed by atoms with E-state index in [2.05, 4.69) is 0 Å². The molecule has 5 heteroatoms. The van der Waals surface area contributed by atoms with Gasteiger partial charge >= 0.3 is 11.9 Å². The van der Waals surface area contributed by atoms with Crippen LogP contribution in [0.15, 0.2) is 29.8 Å². The van der Waals surface area contributed by atoms with Gasteiger partial charge in [0.2, 0.25) is 0 Å². The first-order valence-electron chi connectivity index (χ1n) is 5.31. The van der Waals surface area contributed by atoms with E-state index in [1.807, 2.05) is 0 Å². The molecule has 1 aliphatic rings. The van der Waals surface area contributed by atoms with Crippen molar-refractivity contribution in [3.05, 3.63) is 40.4 Å². The molecule has 0 bridgehead atoms. The lowest BCUT2D eigenvalue weighted by molar-refractivity contribution is -0.222. The van der Waals surface area contributed by atoms with Gasteiger partial charge < -0.3 is 9.47 Å². The van der Waals surface area contributed by atoms with Crippen molar-refractivity contribution >= 4 is 29.6 Å². The number of ether oxygens (including phenoxy) is 2. The third kappa shape index (κ3) is 2.71. The molecule has 0 radical (unpaired) electrons. The molecule has 0 amide bonds. The van der Waals surface area contributed by atoms with Crippen molar-refractivity contribution in [1.82, 2.24) is 0 Å². The quantitative estimate of drug-likeness (QED) is 0.445. The van der Waals surface area contributed by atoms with Crippen LogP contribution in [0.3, 0.4) is 0 Å². The molecule has 1 heterocycles. The van der Waals surface area contributed by atoms with Gasteiger partial charge in [0.25, 0.3) is 5.79 Å². The number of hydrogen-bond donors (Lipinski definition) is 0. The summed E-state index contributed by atoms with van der Waals surface area (Å²) in [7, 11) is 0. The Morgan fingerprint density at radius 2 is 1.78 bits per heavy atom. The van der Waals surface area contributed by atoms with Gasteiger partial charge in [-0.3, -0.25) is 0 Å². The van der Waals surface area contributed by atoms with Crippen LogP contribution in [0.2, 0.25) is 5.02 Å². The van der Waals surface area contributed by atoms with Crippen LogP contribution in [-0.2, 0) is 19.1 Å². The summed E-state index contributed by atoms with van der Waals surface area (Å²) in [5, 5.41) is 0.516. The van der Waals surface area contributed by atoms with E-state index in [0.29, 0.717) is 10.6 Å². The minimum atomic E-state index is -1.22. The molecule has 1 aliphatic heterocycles. The molecule has 2 rings (SSSR count). The Bertz CT molecular complexity index is 524. The Balaban J connectivity index is 2.34. The monoisotopic (exact) mass is 266 g/mol. The van der Waals surface area contributed by atoms with E-state index in [1.165, 1.54) is 19.9 Å². The van der Waals surface area contributed by atoms with Gasteiger partial charge in [0.1, 0.15) is 5.57 Å². The van der Waals surface area contributed by atoms with E-state index in [1.54, 1.807) is 24.3 Å². The number of halogens is 1. The number of carbonyl (C=O) groups excluding carboxylic acids is 2. The summed E-state index contributed by atoms with van der Waals surface area (Å²) in [6.45, 7) is 3.00. The first-order valence-corrected chi connectivity index (χ1v) is 5.69. The summed E-state index contributed by atoms with van der Waals surface area (Å²) < 4.78 is 9.95. The van der Waals surface area contributed by atoms with Crippen molar-refractivity contribution in [3.8, 4) is 0 Å². The number of benzene rings is 1. The predicted molar refractivity (Wildman–Crippen MR) is 65.7 cm³/mol. The molecule has 0 aromatic heterocycles. The Morgan fingerprint density at radius 3 is 2.33 bits per heavy atom. The molecule has 0 unspecified atom stereocenters. The third-order valence-electron chi connectivity index (χ3n) is 2.28. The van der Waals surface area contributed by atoms with Crippen molar-refractivity contribution in [1.29, 1.82) is 0 Å². The van der Waals surface area contributed by atoms with Gasteiger partial charge in [-0.15, -0.1) is 0 Å². The molecule has 0 aliphatic carbocycles. The van der Waals surface area contributed by atoms with E-state index in [-0.39, 0.29) is 5.57 Å². The number of esters is 2. The molecule has 94 valence electrons. The molecule has 1 aromatic rings. The smallest absolute Gasteiger partial charge is 0.348 e. The Labute approximate surface area is 109 Å². The van der Waals surface area contributed by atoms with E-state index < -0.39 is 17.7 Å². The summed E-state index contributed by atoms with van der Waals surface area (Å²) in [6, 6.07) is 6.77. The fraction of sp³-hybridized carbons (Fsp3) is 0.231. The normalized spacial score (nSPS) is 18.1. The second-order valence-corrected chi connectivity index (χ2v) is 4.73. The van der Waals surface area contributed by atoms with E-state index in [4.69, 9.17) is 21.1 Å². The molecule has 1 aromatic carbocycles. The van der Waals surface area contributed by atoms with Gasteiger partial charge in [0.15, 0.2) is 0 Å². The summed E-state index contributed by atoms with van der Waals surface area (Å²) >= 11 is 5.82. The molecule has 0 atom stereocenters. The second kappa shape index (κ2) is 4.46. The zero-order valence-electron chi connectivity index (χ0n) is 9.90. The van der Waals surface area contributed by atoms with E-state index in [9.17, 15) is 9.59 Å².